The molecule has 1 aliphatic heterocycles. The predicted octanol–water partition coefficient (Wildman–Crippen LogP) is 1.17. The zero-order chi connectivity index (χ0) is 18.3. The maximum absolute atomic E-state index is 12.8. The van der Waals surface area contributed by atoms with Crippen LogP contribution in [0, 0.1) is 11.7 Å². The van der Waals surface area contributed by atoms with Gasteiger partial charge in [-0.3, -0.25) is 4.79 Å². The van der Waals surface area contributed by atoms with E-state index in [1.807, 2.05) is 0 Å². The molecule has 2 rings (SSSR count). The fraction of sp³-hybridized carbons (Fsp3) is 0.588. The minimum atomic E-state index is -3.31. The summed E-state index contributed by atoms with van der Waals surface area (Å²) < 4.78 is 43.3. The van der Waals surface area contributed by atoms with E-state index in [4.69, 9.17) is 4.74 Å². The Morgan fingerprint density at radius 1 is 1.28 bits per heavy atom. The number of hydrogen-bond acceptors (Lipinski definition) is 4. The fourth-order valence-corrected chi connectivity index (χ4v) is 4.24. The second-order valence-corrected chi connectivity index (χ2v) is 8.24. The van der Waals surface area contributed by atoms with Gasteiger partial charge in [-0.05, 0) is 37.0 Å². The first kappa shape index (κ1) is 19.8. The van der Waals surface area contributed by atoms with Crippen LogP contribution in [0.4, 0.5) is 4.39 Å². The summed E-state index contributed by atoms with van der Waals surface area (Å²) >= 11 is 0. The van der Waals surface area contributed by atoms with Crippen molar-refractivity contribution in [2.45, 2.75) is 19.3 Å². The van der Waals surface area contributed by atoms with Gasteiger partial charge in [-0.25, -0.2) is 17.1 Å². The molecule has 0 aromatic heterocycles. The summed E-state index contributed by atoms with van der Waals surface area (Å²) in [7, 11) is -1.83. The van der Waals surface area contributed by atoms with Gasteiger partial charge >= 0.3 is 0 Å². The van der Waals surface area contributed by atoms with E-state index in [2.05, 4.69) is 5.32 Å². The van der Waals surface area contributed by atoms with Gasteiger partial charge in [0.05, 0.1) is 12.4 Å². The van der Waals surface area contributed by atoms with E-state index < -0.39 is 10.0 Å². The third kappa shape index (κ3) is 6.05. The third-order valence-corrected chi connectivity index (χ3v) is 6.22. The molecule has 8 heteroatoms. The first-order chi connectivity index (χ1) is 11.9. The highest BCUT2D eigenvalue weighted by atomic mass is 32.2. The molecular formula is C17H25FN2O4S. The smallest absolute Gasteiger partial charge is 0.223 e. The Hall–Kier alpha value is -1.51. The van der Waals surface area contributed by atoms with Gasteiger partial charge in [0, 0.05) is 32.7 Å². The quantitative estimate of drug-likeness (QED) is 0.743. The van der Waals surface area contributed by atoms with Crippen LogP contribution < -0.4 is 5.32 Å². The van der Waals surface area contributed by atoms with E-state index >= 15 is 0 Å². The van der Waals surface area contributed by atoms with Crippen molar-refractivity contribution in [3.8, 4) is 0 Å². The number of nitrogens with zero attached hydrogens (tertiary/aromatic N) is 1. The summed E-state index contributed by atoms with van der Waals surface area (Å²) in [5.74, 6) is -0.518. The fourth-order valence-electron chi connectivity index (χ4n) is 2.84. The van der Waals surface area contributed by atoms with Gasteiger partial charge in [0.25, 0.3) is 0 Å². The van der Waals surface area contributed by atoms with E-state index in [1.165, 1.54) is 23.5 Å². The van der Waals surface area contributed by atoms with Crippen LogP contribution in [0.5, 0.6) is 0 Å². The minimum Gasteiger partial charge on any atom is -0.384 e. The van der Waals surface area contributed by atoms with Crippen molar-refractivity contribution in [3.05, 3.63) is 35.6 Å². The second-order valence-electron chi connectivity index (χ2n) is 6.15. The molecule has 140 valence electrons. The lowest BCUT2D eigenvalue weighted by Crippen LogP contribution is -2.44. The van der Waals surface area contributed by atoms with Gasteiger partial charge in [-0.2, -0.15) is 0 Å². The number of halogens is 1. The molecule has 6 nitrogen and oxygen atoms in total. The molecule has 0 saturated carbocycles. The Morgan fingerprint density at radius 3 is 2.52 bits per heavy atom. The first-order valence-electron chi connectivity index (χ1n) is 8.41. The molecular weight excluding hydrogens is 347 g/mol. The number of methoxy groups -OCH3 is 1. The van der Waals surface area contributed by atoms with Crippen LogP contribution in [0.25, 0.3) is 0 Å². The van der Waals surface area contributed by atoms with Crippen molar-refractivity contribution in [2.24, 2.45) is 5.92 Å². The van der Waals surface area contributed by atoms with Crippen molar-refractivity contribution in [1.29, 1.82) is 0 Å². The van der Waals surface area contributed by atoms with Crippen LogP contribution in [-0.4, -0.2) is 57.7 Å². The van der Waals surface area contributed by atoms with Crippen LogP contribution in [0.1, 0.15) is 18.4 Å². The number of carbonyl (C=O) groups excluding carboxylic acids is 1. The topological polar surface area (TPSA) is 75.7 Å². The maximum Gasteiger partial charge on any atom is 0.223 e. The molecule has 1 heterocycles. The molecule has 1 amide bonds. The van der Waals surface area contributed by atoms with Crippen molar-refractivity contribution in [3.63, 3.8) is 0 Å². The average molecular weight is 372 g/mol. The molecule has 0 spiro atoms. The standard InChI is InChI=1S/C17H25FN2O4S/c1-24-12-13-25(22,23)20-10-7-15(8-11-20)17(21)19-9-6-14-2-4-16(18)5-3-14/h2-5,15H,6-13H2,1H3,(H,19,21). The summed E-state index contributed by atoms with van der Waals surface area (Å²) in [5.41, 5.74) is 0.959. The molecule has 1 aromatic rings. The summed E-state index contributed by atoms with van der Waals surface area (Å²) in [6.45, 7) is 1.38. The number of hydrogen-bond donors (Lipinski definition) is 1. The number of sulfonamides is 1. The van der Waals surface area contributed by atoms with E-state index in [1.54, 1.807) is 12.1 Å². The highest BCUT2D eigenvalue weighted by Gasteiger charge is 2.30. The average Bonchev–Trinajstić information content (AvgIpc) is 2.62. The molecule has 0 bridgehead atoms. The van der Waals surface area contributed by atoms with Gasteiger partial charge in [-0.15, -0.1) is 0 Å². The van der Waals surface area contributed by atoms with Gasteiger partial charge in [0.15, 0.2) is 0 Å². The lowest BCUT2D eigenvalue weighted by molar-refractivity contribution is -0.126. The molecule has 1 fully saturated rings. The molecule has 1 aromatic carbocycles. The molecule has 25 heavy (non-hydrogen) atoms. The SMILES string of the molecule is COCCS(=O)(=O)N1CCC(C(=O)NCCc2ccc(F)cc2)CC1. The highest BCUT2D eigenvalue weighted by molar-refractivity contribution is 7.89. The first-order valence-corrected chi connectivity index (χ1v) is 10.0. The number of benzene rings is 1. The molecule has 0 aliphatic carbocycles. The van der Waals surface area contributed by atoms with E-state index in [9.17, 15) is 17.6 Å². The van der Waals surface area contributed by atoms with Crippen LogP contribution in [0.15, 0.2) is 24.3 Å². The predicted molar refractivity (Wildman–Crippen MR) is 93.1 cm³/mol. The summed E-state index contributed by atoms with van der Waals surface area (Å²) in [5, 5.41) is 2.88. The number of ether oxygens (including phenoxy) is 1. The third-order valence-electron chi connectivity index (χ3n) is 4.39. The molecule has 0 atom stereocenters. The Labute approximate surface area is 148 Å². The van der Waals surface area contributed by atoms with Crippen LogP contribution in [-0.2, 0) is 26.0 Å². The number of rotatable bonds is 8. The summed E-state index contributed by atoms with van der Waals surface area (Å²) in [6, 6.07) is 6.20. The molecule has 0 radical (unpaired) electrons. The normalized spacial score (nSPS) is 16.7. The number of carbonyl (C=O) groups is 1. The Balaban J connectivity index is 1.72. The molecule has 1 saturated heterocycles. The summed E-state index contributed by atoms with van der Waals surface area (Å²) in [6.07, 6.45) is 1.68. The van der Waals surface area contributed by atoms with Crippen LogP contribution in [0.3, 0.4) is 0 Å². The second kappa shape index (κ2) is 9.26. The maximum atomic E-state index is 12.8. The largest absolute Gasteiger partial charge is 0.384 e. The molecule has 1 N–H and O–H groups in total. The van der Waals surface area contributed by atoms with Crippen molar-refractivity contribution < 1.29 is 22.3 Å². The van der Waals surface area contributed by atoms with E-state index in [0.717, 1.165) is 5.56 Å². The highest BCUT2D eigenvalue weighted by Crippen LogP contribution is 2.20. The summed E-state index contributed by atoms with van der Waals surface area (Å²) in [4.78, 5) is 12.2. The van der Waals surface area contributed by atoms with Crippen molar-refractivity contribution >= 4 is 15.9 Å². The monoisotopic (exact) mass is 372 g/mol. The van der Waals surface area contributed by atoms with Gasteiger partial charge in [0.1, 0.15) is 5.82 Å². The Bertz CT molecular complexity index is 656. The lowest BCUT2D eigenvalue weighted by Gasteiger charge is -2.30. The van der Waals surface area contributed by atoms with Crippen LogP contribution >= 0.6 is 0 Å². The molecule has 0 unspecified atom stereocenters. The van der Waals surface area contributed by atoms with Gasteiger partial charge in [-0.1, -0.05) is 12.1 Å². The van der Waals surface area contributed by atoms with Crippen molar-refractivity contribution in [2.75, 3.05) is 39.1 Å². The number of amides is 1. The minimum absolute atomic E-state index is 0.0297. The van der Waals surface area contributed by atoms with Gasteiger partial charge < -0.3 is 10.1 Å². The zero-order valence-electron chi connectivity index (χ0n) is 14.4. The number of piperidine rings is 1. The Kier molecular flexibility index (Phi) is 7.34. The molecule has 1 aliphatic rings. The number of nitrogens with one attached hydrogen (secondary N) is 1. The van der Waals surface area contributed by atoms with E-state index in [-0.39, 0.29) is 30.0 Å². The van der Waals surface area contributed by atoms with Crippen molar-refractivity contribution in [1.82, 2.24) is 9.62 Å². The van der Waals surface area contributed by atoms with Gasteiger partial charge in [0.2, 0.25) is 15.9 Å². The zero-order valence-corrected chi connectivity index (χ0v) is 15.2. The Morgan fingerprint density at radius 2 is 1.92 bits per heavy atom. The van der Waals surface area contributed by atoms with E-state index in [0.29, 0.717) is 38.9 Å². The lowest BCUT2D eigenvalue weighted by atomic mass is 9.97. The van der Waals surface area contributed by atoms with Crippen LogP contribution in [0.2, 0.25) is 0 Å².